The average Bonchev–Trinajstić information content (AvgIpc) is 3.19. The maximum absolute atomic E-state index is 13.2. The highest BCUT2D eigenvalue weighted by molar-refractivity contribution is 6.03. The predicted octanol–water partition coefficient (Wildman–Crippen LogP) is 3.52. The predicted molar refractivity (Wildman–Crippen MR) is 114 cm³/mol. The van der Waals surface area contributed by atoms with Gasteiger partial charge >= 0.3 is 0 Å². The summed E-state index contributed by atoms with van der Waals surface area (Å²) in [6.45, 7) is 4.72. The van der Waals surface area contributed by atoms with Gasteiger partial charge in [0.15, 0.2) is 11.5 Å². The fourth-order valence-corrected chi connectivity index (χ4v) is 3.40. The van der Waals surface area contributed by atoms with Gasteiger partial charge in [0.05, 0.1) is 0 Å². The van der Waals surface area contributed by atoms with Gasteiger partial charge in [-0.05, 0) is 26.0 Å². The molecular weight excluding hydrogens is 398 g/mol. The van der Waals surface area contributed by atoms with E-state index in [0.717, 1.165) is 5.56 Å². The van der Waals surface area contributed by atoms with Crippen molar-refractivity contribution in [3.05, 3.63) is 59.9 Å². The first kappa shape index (κ1) is 20.5. The number of nitrogens with one attached hydrogen (secondary N) is 1. The van der Waals surface area contributed by atoms with Crippen LogP contribution in [0.4, 0.5) is 5.69 Å². The average molecular weight is 421 g/mol. The van der Waals surface area contributed by atoms with Crippen molar-refractivity contribution in [2.45, 2.75) is 13.8 Å². The highest BCUT2D eigenvalue weighted by Gasteiger charge is 2.26. The van der Waals surface area contributed by atoms with Gasteiger partial charge in [-0.2, -0.15) is 0 Å². The number of anilines is 1. The molecule has 2 aromatic carbocycles. The molecule has 0 spiro atoms. The van der Waals surface area contributed by atoms with E-state index in [1.807, 2.05) is 37.3 Å². The Balaban J connectivity index is 1.49. The van der Waals surface area contributed by atoms with Crippen LogP contribution >= 0.6 is 0 Å². The van der Waals surface area contributed by atoms with Gasteiger partial charge in [-0.3, -0.25) is 9.59 Å². The molecule has 0 aliphatic carbocycles. The summed E-state index contributed by atoms with van der Waals surface area (Å²) in [5, 5.41) is 6.87. The molecule has 0 bridgehead atoms. The van der Waals surface area contributed by atoms with Gasteiger partial charge < -0.3 is 24.2 Å². The molecule has 2 amide bonds. The lowest BCUT2D eigenvalue weighted by Gasteiger charge is -2.21. The zero-order valence-corrected chi connectivity index (χ0v) is 17.4. The minimum absolute atomic E-state index is 0.109. The lowest BCUT2D eigenvalue weighted by molar-refractivity contribution is -0.116. The number of rotatable bonds is 6. The lowest BCUT2D eigenvalue weighted by atomic mass is 10.1. The van der Waals surface area contributed by atoms with Crippen LogP contribution in [0, 0.1) is 6.92 Å². The van der Waals surface area contributed by atoms with E-state index < -0.39 is 0 Å². The normalized spacial score (nSPS) is 12.3. The van der Waals surface area contributed by atoms with Crippen molar-refractivity contribution >= 4 is 17.5 Å². The lowest BCUT2D eigenvalue weighted by Crippen LogP contribution is -2.38. The number of likely N-dealkylation sites (N-methyl/N-ethyl adjacent to an activating group) is 1. The molecule has 0 atom stereocenters. The van der Waals surface area contributed by atoms with Crippen LogP contribution in [0.5, 0.6) is 11.5 Å². The first-order chi connectivity index (χ1) is 15.1. The first-order valence-electron chi connectivity index (χ1n) is 10.1. The summed E-state index contributed by atoms with van der Waals surface area (Å²) < 4.78 is 16.3. The van der Waals surface area contributed by atoms with Crippen LogP contribution in [0.1, 0.15) is 23.0 Å². The quantitative estimate of drug-likeness (QED) is 0.655. The molecule has 0 fully saturated rings. The molecule has 31 heavy (non-hydrogen) atoms. The van der Waals surface area contributed by atoms with Crippen LogP contribution in [0.3, 0.4) is 0 Å². The van der Waals surface area contributed by atoms with E-state index >= 15 is 0 Å². The molecule has 0 unspecified atom stereocenters. The molecule has 8 nitrogen and oxygen atoms in total. The number of carbonyl (C=O) groups excluding carboxylic acids is 2. The number of aryl methyl sites for hydroxylation is 1. The number of amides is 2. The van der Waals surface area contributed by atoms with Crippen molar-refractivity contribution in [2.75, 3.05) is 31.6 Å². The summed E-state index contributed by atoms with van der Waals surface area (Å²) in [5.41, 5.74) is 2.18. The second kappa shape index (κ2) is 8.91. The second-order valence-electron chi connectivity index (χ2n) is 7.05. The van der Waals surface area contributed by atoms with Crippen molar-refractivity contribution in [2.24, 2.45) is 0 Å². The van der Waals surface area contributed by atoms with Gasteiger partial charge in [-0.15, -0.1) is 0 Å². The maximum atomic E-state index is 13.2. The highest BCUT2D eigenvalue weighted by Crippen LogP contribution is 2.32. The molecule has 0 saturated heterocycles. The summed E-state index contributed by atoms with van der Waals surface area (Å²) in [5.74, 6) is 1.01. The number of carbonyl (C=O) groups is 2. The van der Waals surface area contributed by atoms with E-state index in [9.17, 15) is 9.59 Å². The number of nitrogens with zero attached hydrogens (tertiary/aromatic N) is 2. The Hall–Kier alpha value is -3.81. The number of benzene rings is 2. The van der Waals surface area contributed by atoms with Crippen LogP contribution in [0.15, 0.2) is 53.1 Å². The summed E-state index contributed by atoms with van der Waals surface area (Å²) in [4.78, 5) is 27.3. The Bertz CT molecular complexity index is 1090. The van der Waals surface area contributed by atoms with Gasteiger partial charge in [0.1, 0.15) is 36.8 Å². The van der Waals surface area contributed by atoms with E-state index in [4.69, 9.17) is 14.0 Å². The second-order valence-corrected chi connectivity index (χ2v) is 7.05. The number of hydrogen-bond donors (Lipinski definition) is 1. The summed E-state index contributed by atoms with van der Waals surface area (Å²) >= 11 is 0. The zero-order valence-electron chi connectivity index (χ0n) is 17.4. The molecule has 2 heterocycles. The van der Waals surface area contributed by atoms with E-state index in [2.05, 4.69) is 10.5 Å². The monoisotopic (exact) mass is 421 g/mol. The molecule has 160 valence electrons. The third-order valence-corrected chi connectivity index (χ3v) is 4.95. The van der Waals surface area contributed by atoms with Crippen LogP contribution < -0.4 is 14.8 Å². The Morgan fingerprint density at radius 3 is 2.55 bits per heavy atom. The fraction of sp³-hybridized carbons (Fsp3) is 0.261. The SMILES string of the molecule is CCN(CC(=O)Nc1ccc2c(c1)OCCO2)C(=O)c1c(-c2ccccc2)noc1C. The molecule has 8 heteroatoms. The minimum atomic E-state index is -0.317. The van der Waals surface area contributed by atoms with E-state index in [0.29, 0.717) is 54.0 Å². The van der Waals surface area contributed by atoms with Crippen molar-refractivity contribution in [1.29, 1.82) is 0 Å². The largest absolute Gasteiger partial charge is 0.486 e. The summed E-state index contributed by atoms with van der Waals surface area (Å²) in [6.07, 6.45) is 0. The molecule has 1 aliphatic rings. The Morgan fingerprint density at radius 1 is 1.06 bits per heavy atom. The van der Waals surface area contributed by atoms with E-state index in [1.54, 1.807) is 25.1 Å². The van der Waals surface area contributed by atoms with Crippen LogP contribution in [0.2, 0.25) is 0 Å². The third-order valence-electron chi connectivity index (χ3n) is 4.95. The summed E-state index contributed by atoms with van der Waals surface area (Å²) in [7, 11) is 0. The van der Waals surface area contributed by atoms with Gasteiger partial charge in [0.25, 0.3) is 5.91 Å². The zero-order chi connectivity index (χ0) is 21.8. The minimum Gasteiger partial charge on any atom is -0.486 e. The van der Waals surface area contributed by atoms with Crippen LogP contribution in [-0.2, 0) is 4.79 Å². The number of ether oxygens (including phenoxy) is 2. The Kier molecular flexibility index (Phi) is 5.88. The molecule has 3 aromatic rings. The molecule has 1 aromatic heterocycles. The topological polar surface area (TPSA) is 93.9 Å². The number of hydrogen-bond acceptors (Lipinski definition) is 6. The van der Waals surface area contributed by atoms with Gasteiger partial charge in [-0.1, -0.05) is 35.5 Å². The van der Waals surface area contributed by atoms with Gasteiger partial charge in [0, 0.05) is 23.9 Å². The first-order valence-corrected chi connectivity index (χ1v) is 10.1. The van der Waals surface area contributed by atoms with Crippen LogP contribution in [0.25, 0.3) is 11.3 Å². The number of aromatic nitrogens is 1. The van der Waals surface area contributed by atoms with Crippen molar-refractivity contribution in [3.8, 4) is 22.8 Å². The van der Waals surface area contributed by atoms with E-state index in [1.165, 1.54) is 4.90 Å². The molecule has 0 radical (unpaired) electrons. The standard InChI is InChI=1S/C23H23N3O5/c1-3-26(14-20(27)24-17-9-10-18-19(13-17)30-12-11-29-18)23(28)21-15(2)31-25-22(21)16-7-5-4-6-8-16/h4-10,13H,3,11-12,14H2,1-2H3,(H,24,27). The van der Waals surface area contributed by atoms with E-state index in [-0.39, 0.29) is 18.4 Å². The molecular formula is C23H23N3O5. The molecule has 1 N–H and O–H groups in total. The molecule has 1 aliphatic heterocycles. The molecule has 0 saturated carbocycles. The van der Waals surface area contributed by atoms with Crippen molar-refractivity contribution < 1.29 is 23.6 Å². The third kappa shape index (κ3) is 4.37. The fourth-order valence-electron chi connectivity index (χ4n) is 3.40. The van der Waals surface area contributed by atoms with Crippen molar-refractivity contribution in [3.63, 3.8) is 0 Å². The molecule has 4 rings (SSSR count). The van der Waals surface area contributed by atoms with Crippen LogP contribution in [-0.4, -0.2) is 48.2 Å². The Morgan fingerprint density at radius 2 is 1.81 bits per heavy atom. The van der Waals surface area contributed by atoms with Gasteiger partial charge in [0.2, 0.25) is 5.91 Å². The highest BCUT2D eigenvalue weighted by atomic mass is 16.6. The maximum Gasteiger partial charge on any atom is 0.260 e. The number of fused-ring (bicyclic) bond motifs is 1. The smallest absolute Gasteiger partial charge is 0.260 e. The Labute approximate surface area is 179 Å². The van der Waals surface area contributed by atoms with Gasteiger partial charge in [-0.25, -0.2) is 0 Å². The van der Waals surface area contributed by atoms with Crippen molar-refractivity contribution in [1.82, 2.24) is 10.1 Å². The summed E-state index contributed by atoms with van der Waals surface area (Å²) in [6, 6.07) is 14.5.